The first-order valence-corrected chi connectivity index (χ1v) is 5.02. The van der Waals surface area contributed by atoms with Crippen molar-refractivity contribution in [3.8, 4) is 0 Å². The number of carboxylic acid groups (broad SMARTS) is 1. The third-order valence-corrected chi connectivity index (χ3v) is 1.92. The molecule has 16 heavy (non-hydrogen) atoms. The Bertz CT molecular complexity index is 348. The van der Waals surface area contributed by atoms with E-state index in [-0.39, 0.29) is 17.8 Å². The van der Waals surface area contributed by atoms with Gasteiger partial charge in [0.05, 0.1) is 12.7 Å². The Morgan fingerprint density at radius 2 is 2.38 bits per heavy atom. The average Bonchev–Trinajstić information content (AvgIpc) is 2.65. The number of aromatic carboxylic acids is 1. The van der Waals surface area contributed by atoms with Gasteiger partial charge in [-0.25, -0.2) is 4.79 Å². The Kier molecular flexibility index (Phi) is 4.30. The summed E-state index contributed by atoms with van der Waals surface area (Å²) < 4.78 is 10.4. The second-order valence-electron chi connectivity index (χ2n) is 3.66. The summed E-state index contributed by atoms with van der Waals surface area (Å²) in [5, 5.41) is 8.66. The van der Waals surface area contributed by atoms with Gasteiger partial charge in [0.1, 0.15) is 6.26 Å². The molecule has 0 saturated heterocycles. The molecule has 1 heterocycles. The van der Waals surface area contributed by atoms with Crippen LogP contribution in [0, 0.1) is 0 Å². The fourth-order valence-corrected chi connectivity index (χ4v) is 1.06. The monoisotopic (exact) mass is 228 g/mol. The number of anilines is 1. The molecule has 0 bridgehead atoms. The van der Waals surface area contributed by atoms with Crippen molar-refractivity contribution in [3.05, 3.63) is 12.0 Å². The molecule has 0 aromatic carbocycles. The van der Waals surface area contributed by atoms with Crippen LogP contribution in [-0.4, -0.2) is 42.4 Å². The molecular formula is C10H16N2O4. The van der Waals surface area contributed by atoms with Crippen molar-refractivity contribution in [2.45, 2.75) is 20.0 Å². The molecule has 6 heteroatoms. The number of nitrogens with zero attached hydrogens (tertiary/aromatic N) is 2. The lowest BCUT2D eigenvalue weighted by molar-refractivity contribution is 0.0690. The lowest BCUT2D eigenvalue weighted by Gasteiger charge is -2.15. The number of rotatable bonds is 6. The second-order valence-corrected chi connectivity index (χ2v) is 3.66. The third kappa shape index (κ3) is 3.54. The van der Waals surface area contributed by atoms with Crippen LogP contribution in [0.5, 0.6) is 0 Å². The molecule has 1 N–H and O–H groups in total. The van der Waals surface area contributed by atoms with Gasteiger partial charge >= 0.3 is 5.97 Å². The highest BCUT2D eigenvalue weighted by molar-refractivity contribution is 5.85. The van der Waals surface area contributed by atoms with Gasteiger partial charge in [0.2, 0.25) is 0 Å². The fourth-order valence-electron chi connectivity index (χ4n) is 1.06. The maximum Gasteiger partial charge on any atom is 0.357 e. The van der Waals surface area contributed by atoms with Gasteiger partial charge in [0.25, 0.3) is 6.01 Å². The van der Waals surface area contributed by atoms with E-state index in [0.717, 1.165) is 6.26 Å². The van der Waals surface area contributed by atoms with Gasteiger partial charge in [-0.1, -0.05) is 0 Å². The third-order valence-electron chi connectivity index (χ3n) is 1.92. The number of hydrogen-bond donors (Lipinski definition) is 1. The fraction of sp³-hybridized carbons (Fsp3) is 0.600. The van der Waals surface area contributed by atoms with E-state index in [4.69, 9.17) is 14.3 Å². The van der Waals surface area contributed by atoms with Crippen molar-refractivity contribution >= 4 is 12.0 Å². The summed E-state index contributed by atoms with van der Waals surface area (Å²) in [5.41, 5.74) is -0.0911. The number of oxazole rings is 1. The molecule has 0 unspecified atom stereocenters. The Hall–Kier alpha value is -1.56. The topological polar surface area (TPSA) is 75.8 Å². The van der Waals surface area contributed by atoms with Crippen LogP contribution in [-0.2, 0) is 4.74 Å². The van der Waals surface area contributed by atoms with Gasteiger partial charge in [-0.15, -0.1) is 0 Å². The normalized spacial score (nSPS) is 10.8. The Morgan fingerprint density at radius 1 is 1.69 bits per heavy atom. The molecule has 0 aliphatic heterocycles. The number of carboxylic acids is 1. The van der Waals surface area contributed by atoms with E-state index in [2.05, 4.69) is 4.98 Å². The first-order chi connectivity index (χ1) is 7.50. The number of aromatic nitrogens is 1. The predicted molar refractivity (Wildman–Crippen MR) is 57.8 cm³/mol. The minimum Gasteiger partial charge on any atom is -0.476 e. The highest BCUT2D eigenvalue weighted by Gasteiger charge is 2.13. The number of hydrogen-bond acceptors (Lipinski definition) is 5. The molecule has 0 spiro atoms. The molecule has 0 atom stereocenters. The van der Waals surface area contributed by atoms with Crippen molar-refractivity contribution in [2.75, 3.05) is 25.1 Å². The Balaban J connectivity index is 2.46. The van der Waals surface area contributed by atoms with E-state index in [1.54, 1.807) is 11.9 Å². The van der Waals surface area contributed by atoms with Gasteiger partial charge < -0.3 is 19.2 Å². The standard InChI is InChI=1S/C10H16N2O4/c1-7(2)15-5-4-12(3)10-11-8(6-16-10)9(13)14/h6-7H,4-5H2,1-3H3,(H,13,14). The van der Waals surface area contributed by atoms with Crippen LogP contribution in [0.2, 0.25) is 0 Å². The minimum atomic E-state index is -1.10. The molecule has 0 amide bonds. The highest BCUT2D eigenvalue weighted by atomic mass is 16.5. The van der Waals surface area contributed by atoms with Crippen molar-refractivity contribution in [2.24, 2.45) is 0 Å². The lowest BCUT2D eigenvalue weighted by Crippen LogP contribution is -2.24. The zero-order valence-corrected chi connectivity index (χ0v) is 9.64. The van der Waals surface area contributed by atoms with E-state index in [1.165, 1.54) is 0 Å². The Labute approximate surface area is 93.8 Å². The lowest BCUT2D eigenvalue weighted by atomic mass is 10.5. The summed E-state index contributed by atoms with van der Waals surface area (Å²) in [7, 11) is 1.77. The van der Waals surface area contributed by atoms with Crippen LogP contribution >= 0.6 is 0 Å². The summed E-state index contributed by atoms with van der Waals surface area (Å²) in [6, 6.07) is 0.282. The van der Waals surface area contributed by atoms with Crippen molar-refractivity contribution in [3.63, 3.8) is 0 Å². The molecule has 6 nitrogen and oxygen atoms in total. The van der Waals surface area contributed by atoms with Gasteiger partial charge in [-0.2, -0.15) is 4.98 Å². The summed E-state index contributed by atoms with van der Waals surface area (Å²) >= 11 is 0. The predicted octanol–water partition coefficient (Wildman–Crippen LogP) is 1.23. The number of carbonyl (C=O) groups is 1. The molecule has 0 aliphatic rings. The van der Waals surface area contributed by atoms with Crippen LogP contribution in [0.25, 0.3) is 0 Å². The van der Waals surface area contributed by atoms with Gasteiger partial charge in [-0.05, 0) is 13.8 Å². The summed E-state index contributed by atoms with van der Waals surface area (Å²) in [4.78, 5) is 16.1. The van der Waals surface area contributed by atoms with Gasteiger partial charge in [0, 0.05) is 13.6 Å². The SMILES string of the molecule is CC(C)OCCN(C)c1nc(C(=O)O)co1. The molecule has 1 rings (SSSR count). The Morgan fingerprint density at radius 3 is 2.88 bits per heavy atom. The maximum absolute atomic E-state index is 10.6. The van der Waals surface area contributed by atoms with Crippen LogP contribution in [0.15, 0.2) is 10.7 Å². The van der Waals surface area contributed by atoms with E-state index in [0.29, 0.717) is 13.2 Å². The van der Waals surface area contributed by atoms with Gasteiger partial charge in [0.15, 0.2) is 5.69 Å². The second kappa shape index (κ2) is 5.50. The van der Waals surface area contributed by atoms with Crippen molar-refractivity contribution in [1.29, 1.82) is 0 Å². The molecule has 90 valence electrons. The van der Waals surface area contributed by atoms with E-state index in [9.17, 15) is 4.79 Å². The summed E-state index contributed by atoms with van der Waals surface area (Å²) in [6.45, 7) is 5.04. The molecular weight excluding hydrogens is 212 g/mol. The quantitative estimate of drug-likeness (QED) is 0.789. The molecule has 0 aliphatic carbocycles. The number of ether oxygens (including phenoxy) is 1. The highest BCUT2D eigenvalue weighted by Crippen LogP contribution is 2.11. The van der Waals surface area contributed by atoms with Crippen molar-refractivity contribution < 1.29 is 19.1 Å². The molecule has 1 aromatic heterocycles. The molecule has 0 radical (unpaired) electrons. The van der Waals surface area contributed by atoms with E-state index >= 15 is 0 Å². The van der Waals surface area contributed by atoms with E-state index < -0.39 is 5.97 Å². The maximum atomic E-state index is 10.6. The smallest absolute Gasteiger partial charge is 0.357 e. The van der Waals surface area contributed by atoms with Gasteiger partial charge in [-0.3, -0.25) is 0 Å². The zero-order valence-electron chi connectivity index (χ0n) is 9.64. The van der Waals surface area contributed by atoms with Crippen LogP contribution in [0.3, 0.4) is 0 Å². The van der Waals surface area contributed by atoms with Crippen LogP contribution in [0.4, 0.5) is 6.01 Å². The van der Waals surface area contributed by atoms with Crippen molar-refractivity contribution in [1.82, 2.24) is 4.98 Å². The largest absolute Gasteiger partial charge is 0.476 e. The minimum absolute atomic E-state index is 0.0911. The number of likely N-dealkylation sites (N-methyl/N-ethyl adjacent to an activating group) is 1. The molecule has 0 fully saturated rings. The molecule has 1 aromatic rings. The first-order valence-electron chi connectivity index (χ1n) is 5.02. The summed E-state index contributed by atoms with van der Waals surface area (Å²) in [6.07, 6.45) is 1.30. The zero-order chi connectivity index (χ0) is 12.1. The molecule has 0 saturated carbocycles. The van der Waals surface area contributed by atoms with Crippen LogP contribution in [0.1, 0.15) is 24.3 Å². The summed E-state index contributed by atoms with van der Waals surface area (Å²) in [5.74, 6) is -1.10. The van der Waals surface area contributed by atoms with Crippen LogP contribution < -0.4 is 4.90 Å². The van der Waals surface area contributed by atoms with E-state index in [1.807, 2.05) is 13.8 Å². The average molecular weight is 228 g/mol. The first kappa shape index (κ1) is 12.5.